The smallest absolute Gasteiger partial charge is 0.262 e. The molecule has 11 aromatic rings. The Hall–Kier alpha value is -7.80. The van der Waals surface area contributed by atoms with Gasteiger partial charge in [-0.15, -0.1) is 11.3 Å². The molecule has 2 aliphatic rings. The molecule has 10 aromatic carbocycles. The van der Waals surface area contributed by atoms with E-state index in [2.05, 4.69) is 216 Å². The van der Waals surface area contributed by atoms with Gasteiger partial charge < -0.3 is 19.3 Å². The van der Waals surface area contributed by atoms with Crippen molar-refractivity contribution in [2.45, 2.75) is 0 Å². The molecule has 290 valence electrons. The molecule has 2 aliphatic heterocycles. The topological polar surface area (TPSA) is 24.9 Å². The van der Waals surface area contributed by atoms with Crippen LogP contribution in [0.3, 0.4) is 0 Å². The second kappa shape index (κ2) is 13.9. The van der Waals surface area contributed by atoms with Gasteiger partial charge in [0.05, 0.1) is 21.8 Å². The summed E-state index contributed by atoms with van der Waals surface area (Å²) in [7, 11) is 0. The normalized spacial score (nSPS) is 12.4. The summed E-state index contributed by atoms with van der Waals surface area (Å²) in [5.74, 6) is 3.31. The predicted octanol–water partition coefficient (Wildman–Crippen LogP) is 14.0. The maximum absolute atomic E-state index is 7.12. The molecule has 0 saturated carbocycles. The van der Waals surface area contributed by atoms with Crippen molar-refractivity contribution in [2.24, 2.45) is 0 Å². The molecule has 0 aliphatic carbocycles. The maximum atomic E-state index is 7.12. The van der Waals surface area contributed by atoms with E-state index >= 15 is 0 Å². The van der Waals surface area contributed by atoms with Crippen molar-refractivity contribution in [3.63, 3.8) is 0 Å². The predicted molar refractivity (Wildman–Crippen MR) is 261 cm³/mol. The quantitative estimate of drug-likeness (QED) is 0.156. The van der Waals surface area contributed by atoms with Crippen LogP contribution in [0.25, 0.3) is 41.7 Å². The average molecular weight is 811 g/mol. The summed E-state index contributed by atoms with van der Waals surface area (Å²) in [4.78, 5) is 4.77. The minimum Gasteiger partial charge on any atom is -0.458 e. The van der Waals surface area contributed by atoms with E-state index in [1.54, 1.807) is 0 Å². The lowest BCUT2D eigenvalue weighted by Gasteiger charge is -2.37. The summed E-state index contributed by atoms with van der Waals surface area (Å²) in [6.07, 6.45) is 0. The second-order valence-electron chi connectivity index (χ2n) is 15.9. The van der Waals surface area contributed by atoms with E-state index in [0.717, 1.165) is 95.1 Å². The van der Waals surface area contributed by atoms with Crippen LogP contribution >= 0.6 is 11.3 Å². The van der Waals surface area contributed by atoms with Crippen LogP contribution in [0.5, 0.6) is 23.0 Å². The zero-order valence-electron chi connectivity index (χ0n) is 33.4. The largest absolute Gasteiger partial charge is 0.458 e. The fourth-order valence-electron chi connectivity index (χ4n) is 9.97. The Morgan fingerprint density at radius 2 is 0.758 bits per heavy atom. The van der Waals surface area contributed by atoms with E-state index in [4.69, 9.17) is 9.47 Å². The Morgan fingerprint density at radius 1 is 0.323 bits per heavy atom. The van der Waals surface area contributed by atoms with E-state index in [9.17, 15) is 0 Å². The van der Waals surface area contributed by atoms with E-state index in [1.807, 2.05) is 17.4 Å². The van der Waals surface area contributed by atoms with Gasteiger partial charge in [0.2, 0.25) is 0 Å². The van der Waals surface area contributed by atoms with Crippen LogP contribution in [0.1, 0.15) is 0 Å². The highest BCUT2D eigenvalue weighted by Crippen LogP contribution is 2.49. The Morgan fingerprint density at radius 3 is 1.32 bits per heavy atom. The molecule has 0 unspecified atom stereocenters. The molecule has 4 nitrogen and oxygen atoms in total. The molecule has 13 rings (SSSR count). The number of fused-ring (bicyclic) bond motifs is 11. The Kier molecular flexibility index (Phi) is 7.84. The number of nitrogens with zero attached hydrogens (tertiary/aromatic N) is 2. The summed E-state index contributed by atoms with van der Waals surface area (Å²) in [5, 5.41) is 7.11. The Labute approximate surface area is 363 Å². The first-order valence-corrected chi connectivity index (χ1v) is 21.9. The monoisotopic (exact) mass is 810 g/mol. The van der Waals surface area contributed by atoms with Crippen molar-refractivity contribution < 1.29 is 9.47 Å². The zero-order valence-corrected chi connectivity index (χ0v) is 34.2. The second-order valence-corrected chi connectivity index (χ2v) is 17.0. The van der Waals surface area contributed by atoms with Crippen LogP contribution in [0.15, 0.2) is 212 Å². The molecule has 0 saturated heterocycles. The van der Waals surface area contributed by atoms with Gasteiger partial charge in [-0.1, -0.05) is 140 Å². The summed E-state index contributed by atoms with van der Waals surface area (Å²) >= 11 is 1.85. The number of para-hydroxylation sites is 3. The molecule has 0 fully saturated rings. The summed E-state index contributed by atoms with van der Waals surface area (Å²) in [5.41, 5.74) is 9.82. The minimum absolute atomic E-state index is 0.162. The van der Waals surface area contributed by atoms with Crippen LogP contribution < -0.4 is 35.7 Å². The molecule has 3 heterocycles. The van der Waals surface area contributed by atoms with Crippen LogP contribution in [0.4, 0.5) is 34.1 Å². The van der Waals surface area contributed by atoms with Crippen LogP contribution in [0, 0.1) is 0 Å². The van der Waals surface area contributed by atoms with E-state index < -0.39 is 0 Å². The number of ether oxygens (including phenoxy) is 2. The van der Waals surface area contributed by atoms with Gasteiger partial charge in [-0.25, -0.2) is 0 Å². The van der Waals surface area contributed by atoms with Crippen LogP contribution in [0.2, 0.25) is 0 Å². The van der Waals surface area contributed by atoms with E-state index in [-0.39, 0.29) is 6.71 Å². The third-order valence-corrected chi connectivity index (χ3v) is 13.7. The first kappa shape index (κ1) is 35.0. The third-order valence-electron chi connectivity index (χ3n) is 12.5. The third kappa shape index (κ3) is 5.27. The highest BCUT2D eigenvalue weighted by molar-refractivity contribution is 7.26. The molecular formula is C56H35BN2O2S. The molecule has 1 aromatic heterocycles. The summed E-state index contributed by atoms with van der Waals surface area (Å²) < 4.78 is 16.7. The van der Waals surface area contributed by atoms with Gasteiger partial charge in [-0.2, -0.15) is 0 Å². The van der Waals surface area contributed by atoms with Crippen molar-refractivity contribution in [3.8, 4) is 23.0 Å². The van der Waals surface area contributed by atoms with Crippen molar-refractivity contribution in [2.75, 3.05) is 9.80 Å². The van der Waals surface area contributed by atoms with E-state index in [1.165, 1.54) is 20.2 Å². The van der Waals surface area contributed by atoms with Crippen molar-refractivity contribution in [1.82, 2.24) is 0 Å². The molecule has 0 spiro atoms. The number of rotatable bonds is 6. The molecule has 62 heavy (non-hydrogen) atoms. The average Bonchev–Trinajstić information content (AvgIpc) is 3.72. The molecule has 0 radical (unpaired) electrons. The molecular weight excluding hydrogens is 776 g/mol. The van der Waals surface area contributed by atoms with Crippen molar-refractivity contribution in [3.05, 3.63) is 212 Å². The number of hydrogen-bond donors (Lipinski definition) is 0. The highest BCUT2D eigenvalue weighted by atomic mass is 32.1. The fraction of sp³-hybridized carbons (Fsp3) is 0. The maximum Gasteiger partial charge on any atom is 0.262 e. The standard InChI is InChI=1S/C56H35BN2O2S/c1-4-18-36(19-5-1)58(37-20-6-2-7-21-37)46-34-50-53(42-27-12-10-24-39(42)46)57-54-43-28-13-11-25-40(43)47(35-51(54)61-49-32-17-31-48(60-50)55(49)57)59(38-22-8-3-9-23-38)45-30-16-29-44-41-26-14-15-33-52(41)62-56(44)45/h1-35H. The first-order valence-electron chi connectivity index (χ1n) is 21.0. The Bertz CT molecular complexity index is 3520. The van der Waals surface area contributed by atoms with Crippen LogP contribution in [-0.4, -0.2) is 6.71 Å². The first-order chi connectivity index (χ1) is 30.8. The number of hydrogen-bond acceptors (Lipinski definition) is 5. The van der Waals surface area contributed by atoms with Gasteiger partial charge in [0.1, 0.15) is 23.0 Å². The van der Waals surface area contributed by atoms with Gasteiger partial charge in [-0.3, -0.25) is 0 Å². The SMILES string of the molecule is c1ccc(N(c2ccccc2)c2cc3c(c4ccccc24)B2c4c(cccc4Oc4cc(N(c5ccccc5)c5cccc6c5sc5ccccc56)c5ccccc5c42)O3)cc1. The molecule has 0 atom stereocenters. The minimum atomic E-state index is -0.162. The number of benzene rings is 10. The van der Waals surface area contributed by atoms with Gasteiger partial charge in [0.25, 0.3) is 6.71 Å². The highest BCUT2D eigenvalue weighted by Gasteiger charge is 2.43. The molecule has 0 amide bonds. The van der Waals surface area contributed by atoms with Gasteiger partial charge in [0, 0.05) is 60.9 Å². The van der Waals surface area contributed by atoms with Gasteiger partial charge in [-0.05, 0) is 82.4 Å². The summed E-state index contributed by atoms with van der Waals surface area (Å²) in [6, 6.07) is 75.8. The molecule has 6 heteroatoms. The fourth-order valence-corrected chi connectivity index (χ4v) is 11.2. The lowest BCUT2D eigenvalue weighted by atomic mass is 9.33. The molecule has 0 N–H and O–H groups in total. The number of anilines is 6. The van der Waals surface area contributed by atoms with Gasteiger partial charge >= 0.3 is 0 Å². The molecule has 0 bridgehead atoms. The Balaban J connectivity index is 1.08. The van der Waals surface area contributed by atoms with Crippen molar-refractivity contribution in [1.29, 1.82) is 0 Å². The van der Waals surface area contributed by atoms with Gasteiger partial charge in [0.15, 0.2) is 0 Å². The lowest BCUT2D eigenvalue weighted by molar-refractivity contribution is 0.465. The zero-order chi connectivity index (χ0) is 40.7. The van der Waals surface area contributed by atoms with E-state index in [0.29, 0.717) is 0 Å². The van der Waals surface area contributed by atoms with Crippen molar-refractivity contribution >= 4 is 110 Å². The van der Waals surface area contributed by atoms with Crippen LogP contribution in [-0.2, 0) is 0 Å². The summed E-state index contributed by atoms with van der Waals surface area (Å²) in [6.45, 7) is -0.162. The lowest BCUT2D eigenvalue weighted by Crippen LogP contribution is -2.58. The number of thiophene rings is 1.